The van der Waals surface area contributed by atoms with Crippen LogP contribution in [0.2, 0.25) is 0 Å². The lowest BCUT2D eigenvalue weighted by Gasteiger charge is -2.36. The number of ether oxygens (including phenoxy) is 1. The Morgan fingerprint density at radius 2 is 2.38 bits per heavy atom. The van der Waals surface area contributed by atoms with Crippen LogP contribution in [0, 0.1) is 17.8 Å². The number of hydrogen-bond donors (Lipinski definition) is 0. The maximum Gasteiger partial charge on any atom is 0.0671 e. The molecule has 1 aliphatic heterocycles. The van der Waals surface area contributed by atoms with Crippen molar-refractivity contribution < 1.29 is 4.74 Å². The Kier molecular flexibility index (Phi) is 1.76. The SMILES string of the molecule is C/C=C1/C[C@@H]2C[C@H]1[C@H]1OCCC[C@@H]21. The average Bonchev–Trinajstić information content (AvgIpc) is 2.75. The maximum absolute atomic E-state index is 5.93. The Morgan fingerprint density at radius 3 is 3.23 bits per heavy atom. The van der Waals surface area contributed by atoms with E-state index in [1.54, 1.807) is 5.57 Å². The fraction of sp³-hybridized carbons (Fsp3) is 0.833. The number of allylic oxidation sites excluding steroid dienone is 1. The number of hydrogen-bond acceptors (Lipinski definition) is 1. The van der Waals surface area contributed by atoms with Gasteiger partial charge in [0.15, 0.2) is 0 Å². The first-order valence-electron chi connectivity index (χ1n) is 5.67. The molecule has 2 aliphatic carbocycles. The number of rotatable bonds is 0. The van der Waals surface area contributed by atoms with E-state index in [0.717, 1.165) is 24.4 Å². The molecule has 2 saturated carbocycles. The molecular formula is C12H18O. The summed E-state index contributed by atoms with van der Waals surface area (Å²) >= 11 is 0. The summed E-state index contributed by atoms with van der Waals surface area (Å²) in [6.07, 6.45) is 8.48. The fourth-order valence-electron chi connectivity index (χ4n) is 3.76. The summed E-state index contributed by atoms with van der Waals surface area (Å²) in [7, 11) is 0. The van der Waals surface area contributed by atoms with Crippen molar-refractivity contribution in [3.8, 4) is 0 Å². The predicted octanol–water partition coefficient (Wildman–Crippen LogP) is 2.77. The van der Waals surface area contributed by atoms with Crippen LogP contribution in [0.15, 0.2) is 11.6 Å². The third-order valence-corrected chi connectivity index (χ3v) is 4.32. The largest absolute Gasteiger partial charge is 0.377 e. The Morgan fingerprint density at radius 1 is 1.46 bits per heavy atom. The second kappa shape index (κ2) is 2.84. The van der Waals surface area contributed by atoms with E-state index in [1.165, 1.54) is 25.7 Å². The molecule has 3 aliphatic rings. The van der Waals surface area contributed by atoms with Gasteiger partial charge in [-0.3, -0.25) is 0 Å². The molecule has 1 saturated heterocycles. The van der Waals surface area contributed by atoms with E-state index in [-0.39, 0.29) is 0 Å². The van der Waals surface area contributed by atoms with Gasteiger partial charge >= 0.3 is 0 Å². The van der Waals surface area contributed by atoms with Crippen molar-refractivity contribution in [3.63, 3.8) is 0 Å². The molecule has 1 nitrogen and oxygen atoms in total. The van der Waals surface area contributed by atoms with Gasteiger partial charge in [-0.05, 0) is 44.4 Å². The van der Waals surface area contributed by atoms with Gasteiger partial charge in [0.05, 0.1) is 6.10 Å². The van der Waals surface area contributed by atoms with Crippen LogP contribution in [0.1, 0.15) is 32.6 Å². The first-order chi connectivity index (χ1) is 6.40. The molecule has 4 atom stereocenters. The van der Waals surface area contributed by atoms with Crippen LogP contribution in [0.5, 0.6) is 0 Å². The van der Waals surface area contributed by atoms with Crippen molar-refractivity contribution in [1.29, 1.82) is 0 Å². The highest BCUT2D eigenvalue weighted by Crippen LogP contribution is 2.55. The third-order valence-electron chi connectivity index (χ3n) is 4.32. The maximum atomic E-state index is 5.93. The first-order valence-corrected chi connectivity index (χ1v) is 5.67. The summed E-state index contributed by atoms with van der Waals surface area (Å²) in [6.45, 7) is 3.20. The van der Waals surface area contributed by atoms with Gasteiger partial charge in [-0.25, -0.2) is 0 Å². The second-order valence-corrected chi connectivity index (χ2v) is 4.81. The van der Waals surface area contributed by atoms with E-state index in [0.29, 0.717) is 6.10 Å². The molecule has 0 aromatic carbocycles. The molecule has 13 heavy (non-hydrogen) atoms. The molecule has 0 unspecified atom stereocenters. The minimum atomic E-state index is 0.610. The van der Waals surface area contributed by atoms with Gasteiger partial charge in [-0.15, -0.1) is 0 Å². The Bertz CT molecular complexity index is 244. The third kappa shape index (κ3) is 1.03. The lowest BCUT2D eigenvalue weighted by atomic mass is 9.79. The molecule has 3 fully saturated rings. The zero-order valence-electron chi connectivity index (χ0n) is 8.33. The minimum absolute atomic E-state index is 0.610. The van der Waals surface area contributed by atoms with Gasteiger partial charge in [0.1, 0.15) is 0 Å². The Balaban J connectivity index is 1.87. The fourth-order valence-corrected chi connectivity index (χ4v) is 3.76. The molecule has 72 valence electrons. The van der Waals surface area contributed by atoms with Gasteiger partial charge in [0.2, 0.25) is 0 Å². The molecule has 0 aromatic heterocycles. The van der Waals surface area contributed by atoms with Crippen LogP contribution in [0.4, 0.5) is 0 Å². The highest BCUT2D eigenvalue weighted by Gasteiger charge is 2.51. The van der Waals surface area contributed by atoms with E-state index in [4.69, 9.17) is 4.74 Å². The zero-order valence-corrected chi connectivity index (χ0v) is 8.33. The van der Waals surface area contributed by atoms with E-state index in [9.17, 15) is 0 Å². The molecule has 1 heterocycles. The predicted molar refractivity (Wildman–Crippen MR) is 52.4 cm³/mol. The zero-order chi connectivity index (χ0) is 8.84. The Labute approximate surface area is 80.2 Å². The number of fused-ring (bicyclic) bond motifs is 5. The average molecular weight is 178 g/mol. The minimum Gasteiger partial charge on any atom is -0.377 e. The van der Waals surface area contributed by atoms with Gasteiger partial charge in [0.25, 0.3) is 0 Å². The molecule has 0 aromatic rings. The molecule has 0 amide bonds. The lowest BCUT2D eigenvalue weighted by molar-refractivity contribution is -0.0423. The van der Waals surface area contributed by atoms with Crippen molar-refractivity contribution in [2.75, 3.05) is 6.61 Å². The van der Waals surface area contributed by atoms with Gasteiger partial charge in [-0.2, -0.15) is 0 Å². The van der Waals surface area contributed by atoms with Crippen molar-refractivity contribution in [1.82, 2.24) is 0 Å². The molecular weight excluding hydrogens is 160 g/mol. The van der Waals surface area contributed by atoms with Crippen molar-refractivity contribution in [3.05, 3.63) is 11.6 Å². The second-order valence-electron chi connectivity index (χ2n) is 4.81. The van der Waals surface area contributed by atoms with E-state index < -0.39 is 0 Å². The van der Waals surface area contributed by atoms with Crippen LogP contribution >= 0.6 is 0 Å². The van der Waals surface area contributed by atoms with E-state index in [2.05, 4.69) is 13.0 Å². The molecule has 0 N–H and O–H groups in total. The van der Waals surface area contributed by atoms with Gasteiger partial charge in [0, 0.05) is 12.5 Å². The summed E-state index contributed by atoms with van der Waals surface area (Å²) in [5.74, 6) is 2.70. The standard InChI is InChI=1S/C12H18O/c1-2-8-6-9-7-11(8)12-10(9)4-3-5-13-12/h2,9-12H,3-7H2,1H3/b8-2-/t9-,10+,11-,12+/m1/s1. The quantitative estimate of drug-likeness (QED) is 0.518. The molecule has 0 spiro atoms. The summed E-state index contributed by atoms with van der Waals surface area (Å²) in [5.41, 5.74) is 1.69. The summed E-state index contributed by atoms with van der Waals surface area (Å²) in [6, 6.07) is 0. The molecule has 2 bridgehead atoms. The van der Waals surface area contributed by atoms with Gasteiger partial charge in [-0.1, -0.05) is 11.6 Å². The van der Waals surface area contributed by atoms with E-state index >= 15 is 0 Å². The molecule has 0 radical (unpaired) electrons. The molecule has 1 heteroatoms. The van der Waals surface area contributed by atoms with Gasteiger partial charge < -0.3 is 4.74 Å². The lowest BCUT2D eigenvalue weighted by Crippen LogP contribution is -2.35. The summed E-state index contributed by atoms with van der Waals surface area (Å²) in [4.78, 5) is 0. The van der Waals surface area contributed by atoms with Crippen molar-refractivity contribution >= 4 is 0 Å². The smallest absolute Gasteiger partial charge is 0.0671 e. The molecule has 3 rings (SSSR count). The highest BCUT2D eigenvalue weighted by molar-refractivity contribution is 5.21. The monoisotopic (exact) mass is 178 g/mol. The highest BCUT2D eigenvalue weighted by atomic mass is 16.5. The van der Waals surface area contributed by atoms with E-state index in [1.807, 2.05) is 0 Å². The summed E-state index contributed by atoms with van der Waals surface area (Å²) in [5, 5.41) is 0. The van der Waals surface area contributed by atoms with Crippen LogP contribution < -0.4 is 0 Å². The van der Waals surface area contributed by atoms with Crippen molar-refractivity contribution in [2.24, 2.45) is 17.8 Å². The van der Waals surface area contributed by atoms with Crippen LogP contribution in [0.25, 0.3) is 0 Å². The Hall–Kier alpha value is -0.300. The summed E-state index contributed by atoms with van der Waals surface area (Å²) < 4.78 is 5.93. The van der Waals surface area contributed by atoms with Crippen molar-refractivity contribution in [2.45, 2.75) is 38.7 Å². The normalized spacial score (nSPS) is 51.3. The van der Waals surface area contributed by atoms with Crippen LogP contribution in [-0.2, 0) is 4.74 Å². The topological polar surface area (TPSA) is 9.23 Å². The first kappa shape index (κ1) is 8.05. The van der Waals surface area contributed by atoms with Crippen LogP contribution in [-0.4, -0.2) is 12.7 Å². The van der Waals surface area contributed by atoms with Crippen LogP contribution in [0.3, 0.4) is 0 Å².